The Labute approximate surface area is 198 Å². The van der Waals surface area contributed by atoms with Gasteiger partial charge in [0.05, 0.1) is 11.3 Å². The maximum absolute atomic E-state index is 13.5. The Kier molecular flexibility index (Phi) is 6.42. The molecule has 13 heteroatoms. The monoisotopic (exact) mass is 532 g/mol. The van der Waals surface area contributed by atoms with Crippen LogP contribution in [0.2, 0.25) is 5.02 Å². The SMILES string of the molecule is O=S(=O)(Nc1cc(Cl)ccc1N[S+]([O-])c1ccc(F)c(C(F)(F)F)c1)c1cc2ccccc2o1. The summed E-state index contributed by atoms with van der Waals surface area (Å²) in [5.41, 5.74) is -1.44. The molecule has 34 heavy (non-hydrogen) atoms. The molecule has 3 aromatic carbocycles. The summed E-state index contributed by atoms with van der Waals surface area (Å²) in [6.45, 7) is 0. The van der Waals surface area contributed by atoms with Gasteiger partial charge in [-0.1, -0.05) is 29.8 Å². The number of hydrogen-bond donors (Lipinski definition) is 2. The number of fused-ring (bicyclic) bond motifs is 1. The molecule has 0 aliphatic rings. The molecular weight excluding hydrogens is 520 g/mol. The Morgan fingerprint density at radius 3 is 2.41 bits per heavy atom. The van der Waals surface area contributed by atoms with Crippen molar-refractivity contribution in [2.75, 3.05) is 9.44 Å². The second-order valence-corrected chi connectivity index (χ2v) is 10.2. The molecule has 0 aliphatic carbocycles. The minimum atomic E-state index is -4.99. The van der Waals surface area contributed by atoms with Crippen LogP contribution < -0.4 is 9.44 Å². The van der Waals surface area contributed by atoms with Crippen LogP contribution in [0.4, 0.5) is 28.9 Å². The molecule has 0 radical (unpaired) electrons. The third-order valence-corrected chi connectivity index (χ3v) is 7.10. The topological polar surface area (TPSA) is 94.4 Å². The Hall–Kier alpha value is -2.93. The van der Waals surface area contributed by atoms with Gasteiger partial charge >= 0.3 is 6.18 Å². The van der Waals surface area contributed by atoms with Crippen LogP contribution in [0.3, 0.4) is 0 Å². The van der Waals surface area contributed by atoms with E-state index in [-0.39, 0.29) is 21.3 Å². The highest BCUT2D eigenvalue weighted by atomic mass is 35.5. The largest absolute Gasteiger partial charge is 0.588 e. The normalized spacial score (nSPS) is 13.1. The van der Waals surface area contributed by atoms with Crippen molar-refractivity contribution in [1.82, 2.24) is 0 Å². The molecule has 0 aliphatic heterocycles. The highest BCUT2D eigenvalue weighted by molar-refractivity contribution is 7.93. The lowest BCUT2D eigenvalue weighted by Crippen LogP contribution is -2.18. The molecule has 0 saturated carbocycles. The van der Waals surface area contributed by atoms with Crippen LogP contribution >= 0.6 is 11.6 Å². The number of hydrogen-bond acceptors (Lipinski definition) is 5. The number of halogens is 5. The Morgan fingerprint density at radius 1 is 0.971 bits per heavy atom. The van der Waals surface area contributed by atoms with E-state index < -0.39 is 44.0 Å². The summed E-state index contributed by atoms with van der Waals surface area (Å²) in [6.07, 6.45) is -4.99. The maximum atomic E-state index is 13.5. The van der Waals surface area contributed by atoms with Crippen LogP contribution in [0.5, 0.6) is 0 Å². The van der Waals surface area contributed by atoms with E-state index in [1.165, 1.54) is 24.3 Å². The first kappa shape index (κ1) is 24.2. The van der Waals surface area contributed by atoms with Crippen LogP contribution in [-0.4, -0.2) is 13.0 Å². The molecule has 0 spiro atoms. The van der Waals surface area contributed by atoms with Crippen molar-refractivity contribution in [3.63, 3.8) is 0 Å². The van der Waals surface area contributed by atoms with Gasteiger partial charge in [0, 0.05) is 22.5 Å². The molecule has 6 nitrogen and oxygen atoms in total. The van der Waals surface area contributed by atoms with Gasteiger partial charge < -0.3 is 8.97 Å². The number of furan rings is 1. The number of sulfonamides is 1. The zero-order chi connectivity index (χ0) is 24.7. The van der Waals surface area contributed by atoms with Crippen molar-refractivity contribution in [2.24, 2.45) is 0 Å². The molecule has 0 amide bonds. The van der Waals surface area contributed by atoms with Gasteiger partial charge in [0.25, 0.3) is 10.0 Å². The molecule has 1 atom stereocenters. The van der Waals surface area contributed by atoms with Gasteiger partial charge in [0.1, 0.15) is 28.4 Å². The number of benzene rings is 3. The first-order valence-corrected chi connectivity index (χ1v) is 12.3. The van der Waals surface area contributed by atoms with E-state index in [9.17, 15) is 30.5 Å². The average Bonchev–Trinajstić information content (AvgIpc) is 3.20. The maximum Gasteiger partial charge on any atom is 0.419 e. The van der Waals surface area contributed by atoms with E-state index in [4.69, 9.17) is 16.0 Å². The van der Waals surface area contributed by atoms with Crippen molar-refractivity contribution >= 4 is 55.3 Å². The molecule has 1 unspecified atom stereocenters. The zero-order valence-corrected chi connectivity index (χ0v) is 19.1. The fourth-order valence-corrected chi connectivity index (χ4v) is 5.10. The number of alkyl halides is 3. The first-order valence-electron chi connectivity index (χ1n) is 9.30. The second kappa shape index (κ2) is 9.02. The Balaban J connectivity index is 1.64. The van der Waals surface area contributed by atoms with Crippen molar-refractivity contribution in [3.05, 3.63) is 83.1 Å². The average molecular weight is 533 g/mol. The summed E-state index contributed by atoms with van der Waals surface area (Å²) in [7, 11) is -4.26. The van der Waals surface area contributed by atoms with Gasteiger partial charge in [-0.25, -0.2) is 9.11 Å². The fourth-order valence-electron chi connectivity index (χ4n) is 2.97. The minimum Gasteiger partial charge on any atom is -0.588 e. The van der Waals surface area contributed by atoms with E-state index in [2.05, 4.69) is 9.44 Å². The lowest BCUT2D eigenvalue weighted by Gasteiger charge is -2.17. The van der Waals surface area contributed by atoms with Crippen LogP contribution in [0.25, 0.3) is 11.0 Å². The molecule has 0 saturated heterocycles. The molecule has 0 fully saturated rings. The fraction of sp³-hybridized carbons (Fsp3) is 0.0476. The predicted molar refractivity (Wildman–Crippen MR) is 120 cm³/mol. The van der Waals surface area contributed by atoms with Crippen LogP contribution in [0, 0.1) is 5.82 Å². The van der Waals surface area contributed by atoms with Crippen LogP contribution in [-0.2, 0) is 27.6 Å². The molecule has 1 aromatic heterocycles. The summed E-state index contributed by atoms with van der Waals surface area (Å²) >= 11 is 3.66. The quantitative estimate of drug-likeness (QED) is 0.228. The number of nitrogens with one attached hydrogen (secondary N) is 2. The van der Waals surface area contributed by atoms with Crippen molar-refractivity contribution in [2.45, 2.75) is 16.2 Å². The van der Waals surface area contributed by atoms with E-state index in [0.29, 0.717) is 23.1 Å². The zero-order valence-electron chi connectivity index (χ0n) is 16.7. The summed E-state index contributed by atoms with van der Waals surface area (Å²) in [5.74, 6) is -1.51. The summed E-state index contributed by atoms with van der Waals surface area (Å²) in [5, 5.41) is 0.277. The first-order chi connectivity index (χ1) is 15.9. The Bertz CT molecular complexity index is 1440. The van der Waals surface area contributed by atoms with E-state index in [0.717, 1.165) is 6.07 Å². The minimum absolute atomic E-state index is 0.0553. The molecule has 2 N–H and O–H groups in total. The molecular formula is C21H13ClF4N2O4S2. The Morgan fingerprint density at radius 2 is 1.71 bits per heavy atom. The van der Waals surface area contributed by atoms with E-state index in [1.54, 1.807) is 24.3 Å². The number of rotatable bonds is 6. The number of anilines is 2. The molecule has 1 heterocycles. The molecule has 178 valence electrons. The lowest BCUT2D eigenvalue weighted by atomic mass is 10.2. The van der Waals surface area contributed by atoms with Gasteiger partial charge in [0.15, 0.2) is 4.90 Å². The van der Waals surface area contributed by atoms with Gasteiger partial charge in [-0.3, -0.25) is 4.72 Å². The summed E-state index contributed by atoms with van der Waals surface area (Å²) < 4.78 is 101. The third-order valence-electron chi connectivity index (χ3n) is 4.55. The highest BCUT2D eigenvalue weighted by Gasteiger charge is 2.35. The van der Waals surface area contributed by atoms with Crippen molar-refractivity contribution in [1.29, 1.82) is 0 Å². The van der Waals surface area contributed by atoms with Crippen LogP contribution in [0.1, 0.15) is 5.56 Å². The highest BCUT2D eigenvalue weighted by Crippen LogP contribution is 2.35. The summed E-state index contributed by atoms with van der Waals surface area (Å²) in [6, 6.07) is 13.7. The van der Waals surface area contributed by atoms with Gasteiger partial charge in [-0.2, -0.15) is 21.6 Å². The van der Waals surface area contributed by atoms with Gasteiger partial charge in [0.2, 0.25) is 5.09 Å². The molecule has 4 aromatic rings. The van der Waals surface area contributed by atoms with Gasteiger partial charge in [-0.05, 0) is 36.4 Å². The summed E-state index contributed by atoms with van der Waals surface area (Å²) in [4.78, 5) is -0.380. The molecule has 4 rings (SSSR count). The number of para-hydroxylation sites is 1. The third kappa shape index (κ3) is 5.09. The molecule has 0 bridgehead atoms. The van der Waals surface area contributed by atoms with Gasteiger partial charge in [-0.15, -0.1) is 0 Å². The van der Waals surface area contributed by atoms with Crippen LogP contribution in [0.15, 0.2) is 81.1 Å². The standard InChI is InChI=1S/C21H13ClF4N2O4S2/c22-13-5-8-17(27-33(29)14-6-7-16(23)15(11-14)21(24,25)26)18(10-13)28-34(30,31)20-9-12-3-1-2-4-19(12)32-20/h1-11,27-28H. The lowest BCUT2D eigenvalue weighted by molar-refractivity contribution is -0.140. The van der Waals surface area contributed by atoms with Crippen molar-refractivity contribution in [3.8, 4) is 0 Å². The second-order valence-electron chi connectivity index (χ2n) is 6.91. The van der Waals surface area contributed by atoms with E-state index >= 15 is 0 Å². The van der Waals surface area contributed by atoms with Crippen molar-refractivity contribution < 1.29 is 34.9 Å². The smallest absolute Gasteiger partial charge is 0.419 e. The van der Waals surface area contributed by atoms with E-state index in [1.807, 2.05) is 0 Å². The predicted octanol–water partition coefficient (Wildman–Crippen LogP) is 6.18.